The van der Waals surface area contributed by atoms with Crippen molar-refractivity contribution in [2.45, 2.75) is 19.8 Å². The zero-order valence-electron chi connectivity index (χ0n) is 10.2. The van der Waals surface area contributed by atoms with Crippen LogP contribution in [0, 0.1) is 6.92 Å². The summed E-state index contributed by atoms with van der Waals surface area (Å²) in [7, 11) is 0. The van der Waals surface area contributed by atoms with E-state index in [1.807, 2.05) is 6.92 Å². The maximum Gasteiger partial charge on any atom is 0.251 e. The van der Waals surface area contributed by atoms with Gasteiger partial charge < -0.3 is 5.32 Å². The Morgan fingerprint density at radius 3 is 2.94 bits per heavy atom. The second-order valence-corrected chi connectivity index (χ2v) is 4.31. The van der Waals surface area contributed by atoms with Gasteiger partial charge in [-0.05, 0) is 49.1 Å². The fourth-order valence-corrected chi connectivity index (χ4v) is 1.76. The van der Waals surface area contributed by atoms with Crippen LogP contribution in [-0.4, -0.2) is 19.0 Å². The monoisotopic (exact) mass is 266 g/mol. The molecular weight excluding hydrogens is 252 g/mol. The molecule has 0 spiro atoms. The maximum absolute atomic E-state index is 11.8. The number of carbonyl (C=O) groups excluding carboxylic acids is 1. The molecule has 6 heteroatoms. The molecule has 1 amide bonds. The lowest BCUT2D eigenvalue weighted by molar-refractivity contribution is 0.0952. The van der Waals surface area contributed by atoms with E-state index in [4.69, 9.17) is 17.1 Å². The van der Waals surface area contributed by atoms with Crippen LogP contribution in [0.15, 0.2) is 23.3 Å². The molecule has 0 unspecified atom stereocenters. The van der Waals surface area contributed by atoms with E-state index in [9.17, 15) is 4.79 Å². The third kappa shape index (κ3) is 4.65. The first-order valence-electron chi connectivity index (χ1n) is 5.70. The highest BCUT2D eigenvalue weighted by Crippen LogP contribution is 2.14. The van der Waals surface area contributed by atoms with Gasteiger partial charge in [0, 0.05) is 28.6 Å². The molecule has 0 heterocycles. The van der Waals surface area contributed by atoms with Crippen molar-refractivity contribution in [3.8, 4) is 0 Å². The molecule has 1 aromatic carbocycles. The quantitative estimate of drug-likeness (QED) is 0.364. The maximum atomic E-state index is 11.8. The second kappa shape index (κ2) is 7.58. The van der Waals surface area contributed by atoms with Crippen molar-refractivity contribution in [3.63, 3.8) is 0 Å². The highest BCUT2D eigenvalue weighted by molar-refractivity contribution is 6.30. The molecule has 0 aromatic heterocycles. The van der Waals surface area contributed by atoms with E-state index in [0.29, 0.717) is 23.7 Å². The zero-order chi connectivity index (χ0) is 13.4. The first-order chi connectivity index (χ1) is 8.65. The van der Waals surface area contributed by atoms with Crippen molar-refractivity contribution in [1.29, 1.82) is 0 Å². The Bertz CT molecular complexity index is 469. The highest BCUT2D eigenvalue weighted by Gasteiger charge is 2.07. The summed E-state index contributed by atoms with van der Waals surface area (Å²) < 4.78 is 0. The van der Waals surface area contributed by atoms with E-state index in [1.165, 1.54) is 0 Å². The molecule has 0 aliphatic rings. The molecule has 0 aliphatic heterocycles. The predicted molar refractivity (Wildman–Crippen MR) is 71.8 cm³/mol. The van der Waals surface area contributed by atoms with Crippen LogP contribution in [0.5, 0.6) is 0 Å². The Labute approximate surface area is 111 Å². The molecule has 0 atom stereocenters. The van der Waals surface area contributed by atoms with Crippen molar-refractivity contribution >= 4 is 17.5 Å². The third-order valence-corrected chi connectivity index (χ3v) is 2.70. The highest BCUT2D eigenvalue weighted by atomic mass is 35.5. The summed E-state index contributed by atoms with van der Waals surface area (Å²) in [6.45, 7) is 2.89. The summed E-state index contributed by atoms with van der Waals surface area (Å²) in [5.74, 6) is -0.104. The van der Waals surface area contributed by atoms with Gasteiger partial charge in [-0.15, -0.1) is 0 Å². The smallest absolute Gasteiger partial charge is 0.251 e. The molecule has 5 nitrogen and oxygen atoms in total. The Morgan fingerprint density at radius 1 is 1.50 bits per heavy atom. The summed E-state index contributed by atoms with van der Waals surface area (Å²) in [5.41, 5.74) is 9.58. The molecule has 18 heavy (non-hydrogen) atoms. The molecule has 1 aromatic rings. The van der Waals surface area contributed by atoms with Crippen molar-refractivity contribution in [2.24, 2.45) is 5.11 Å². The topological polar surface area (TPSA) is 77.9 Å². The Morgan fingerprint density at radius 2 is 2.28 bits per heavy atom. The van der Waals surface area contributed by atoms with Gasteiger partial charge in [0.25, 0.3) is 5.91 Å². The van der Waals surface area contributed by atoms with Gasteiger partial charge in [0.2, 0.25) is 0 Å². The largest absolute Gasteiger partial charge is 0.352 e. The number of nitrogens with one attached hydrogen (secondary N) is 1. The molecule has 0 fully saturated rings. The van der Waals surface area contributed by atoms with Gasteiger partial charge >= 0.3 is 0 Å². The molecule has 0 saturated heterocycles. The lowest BCUT2D eigenvalue weighted by atomic mass is 10.1. The number of nitrogens with zero attached hydrogens (tertiary/aromatic N) is 3. The van der Waals surface area contributed by atoms with Gasteiger partial charge in [-0.25, -0.2) is 0 Å². The van der Waals surface area contributed by atoms with Gasteiger partial charge in [0.15, 0.2) is 0 Å². The van der Waals surface area contributed by atoms with E-state index in [0.717, 1.165) is 18.4 Å². The average molecular weight is 267 g/mol. The average Bonchev–Trinajstić information content (AvgIpc) is 2.33. The molecule has 0 aliphatic carbocycles. The molecule has 1 rings (SSSR count). The molecule has 0 bridgehead atoms. The van der Waals surface area contributed by atoms with Crippen LogP contribution in [-0.2, 0) is 0 Å². The number of halogens is 1. The van der Waals surface area contributed by atoms with E-state index < -0.39 is 0 Å². The fraction of sp³-hybridized carbons (Fsp3) is 0.417. The number of benzene rings is 1. The van der Waals surface area contributed by atoms with E-state index in [2.05, 4.69) is 15.3 Å². The lowest BCUT2D eigenvalue weighted by Gasteiger charge is -2.07. The first-order valence-corrected chi connectivity index (χ1v) is 6.08. The van der Waals surface area contributed by atoms with Crippen LogP contribution in [0.3, 0.4) is 0 Å². The van der Waals surface area contributed by atoms with Gasteiger partial charge in [-0.3, -0.25) is 4.79 Å². The molecule has 0 saturated carbocycles. The normalized spacial score (nSPS) is 9.67. The van der Waals surface area contributed by atoms with Crippen LogP contribution in [0.1, 0.15) is 28.8 Å². The number of carbonyl (C=O) groups is 1. The summed E-state index contributed by atoms with van der Waals surface area (Å²) in [6.07, 6.45) is 1.56. The number of hydrogen-bond acceptors (Lipinski definition) is 2. The van der Waals surface area contributed by atoms with Crippen LogP contribution in [0.25, 0.3) is 10.4 Å². The standard InChI is InChI=1S/C12H15ClN4O/c1-9-8-10(13)4-5-11(9)12(18)15-6-2-3-7-16-17-14/h4-5,8H,2-3,6-7H2,1H3,(H,15,18). The Kier molecular flexibility index (Phi) is 6.05. The molecule has 1 N–H and O–H groups in total. The SMILES string of the molecule is Cc1cc(Cl)ccc1C(=O)NCCCCN=[N+]=[N-]. The number of amides is 1. The van der Waals surface area contributed by atoms with Crippen molar-refractivity contribution in [3.05, 3.63) is 44.8 Å². The molecular formula is C12H15ClN4O. The summed E-state index contributed by atoms with van der Waals surface area (Å²) >= 11 is 5.83. The lowest BCUT2D eigenvalue weighted by Crippen LogP contribution is -2.25. The minimum absolute atomic E-state index is 0.104. The van der Waals surface area contributed by atoms with Gasteiger partial charge in [-0.2, -0.15) is 0 Å². The minimum Gasteiger partial charge on any atom is -0.352 e. The zero-order valence-corrected chi connectivity index (χ0v) is 10.9. The summed E-state index contributed by atoms with van der Waals surface area (Å²) in [4.78, 5) is 14.5. The van der Waals surface area contributed by atoms with E-state index in [1.54, 1.807) is 18.2 Å². The second-order valence-electron chi connectivity index (χ2n) is 3.88. The number of unbranched alkanes of at least 4 members (excludes halogenated alkanes) is 1. The number of aryl methyl sites for hydroxylation is 1. The van der Waals surface area contributed by atoms with Crippen LogP contribution in [0.4, 0.5) is 0 Å². The third-order valence-electron chi connectivity index (χ3n) is 2.47. The van der Waals surface area contributed by atoms with Crippen molar-refractivity contribution in [2.75, 3.05) is 13.1 Å². The Balaban J connectivity index is 2.38. The summed E-state index contributed by atoms with van der Waals surface area (Å²) in [6, 6.07) is 5.18. The number of rotatable bonds is 6. The number of hydrogen-bond donors (Lipinski definition) is 1. The molecule has 96 valence electrons. The van der Waals surface area contributed by atoms with Gasteiger partial charge in [-0.1, -0.05) is 16.7 Å². The van der Waals surface area contributed by atoms with Gasteiger partial charge in [0.05, 0.1) is 0 Å². The minimum atomic E-state index is -0.104. The van der Waals surface area contributed by atoms with Crippen LogP contribution >= 0.6 is 11.6 Å². The Hall–Kier alpha value is -1.71. The summed E-state index contributed by atoms with van der Waals surface area (Å²) in [5, 5.41) is 6.87. The van der Waals surface area contributed by atoms with E-state index in [-0.39, 0.29) is 5.91 Å². The van der Waals surface area contributed by atoms with Crippen molar-refractivity contribution < 1.29 is 4.79 Å². The van der Waals surface area contributed by atoms with Gasteiger partial charge in [0.1, 0.15) is 0 Å². The van der Waals surface area contributed by atoms with Crippen LogP contribution in [0.2, 0.25) is 5.02 Å². The molecule has 0 radical (unpaired) electrons. The predicted octanol–water partition coefficient (Wildman–Crippen LogP) is 3.47. The van der Waals surface area contributed by atoms with E-state index >= 15 is 0 Å². The number of azide groups is 1. The first kappa shape index (κ1) is 14.4. The van der Waals surface area contributed by atoms with Crippen molar-refractivity contribution in [1.82, 2.24) is 5.32 Å². The fourth-order valence-electron chi connectivity index (χ4n) is 1.53. The van der Waals surface area contributed by atoms with Crippen LogP contribution < -0.4 is 5.32 Å².